The van der Waals surface area contributed by atoms with E-state index in [2.05, 4.69) is 5.10 Å². The van der Waals surface area contributed by atoms with Gasteiger partial charge in [0, 0.05) is 12.1 Å². The van der Waals surface area contributed by atoms with E-state index in [0.29, 0.717) is 39.8 Å². The van der Waals surface area contributed by atoms with Gasteiger partial charge in [0.2, 0.25) is 0 Å². The third-order valence-electron chi connectivity index (χ3n) is 4.64. The fourth-order valence-corrected chi connectivity index (χ4v) is 3.15. The minimum atomic E-state index is -0.482. The number of nitro benzene ring substituents is 1. The molecule has 0 radical (unpaired) electrons. The van der Waals surface area contributed by atoms with Crippen molar-refractivity contribution in [3.05, 3.63) is 82.1 Å². The maximum atomic E-state index is 12.8. The summed E-state index contributed by atoms with van der Waals surface area (Å²) < 4.78 is 11.1. The standard InChI is InChI=1S/C22H17N3O5/c1-14-18(22(26)24(23-14)15-6-4-3-5-7-15)13-17-9-11-21(30-17)19-12-16(25(27)28)8-10-20(19)29-2/h3-13H,1-2H3/b18-13+. The molecule has 30 heavy (non-hydrogen) atoms. The Hall–Kier alpha value is -4.20. The predicted molar refractivity (Wildman–Crippen MR) is 112 cm³/mol. The highest BCUT2D eigenvalue weighted by atomic mass is 16.6. The SMILES string of the molecule is COc1ccc([N+](=O)[O-])cc1-c1ccc(/C=C2/C(=O)N(c3ccccc3)N=C2C)o1. The number of methoxy groups -OCH3 is 1. The Labute approximate surface area is 171 Å². The van der Waals surface area contributed by atoms with Gasteiger partial charge in [0.1, 0.15) is 17.3 Å². The largest absolute Gasteiger partial charge is 0.496 e. The average Bonchev–Trinajstić information content (AvgIpc) is 3.34. The van der Waals surface area contributed by atoms with E-state index in [1.54, 1.807) is 37.3 Å². The zero-order valence-corrected chi connectivity index (χ0v) is 16.2. The van der Waals surface area contributed by atoms with Gasteiger partial charge in [0.05, 0.1) is 34.6 Å². The number of hydrogen-bond donors (Lipinski definition) is 0. The Morgan fingerprint density at radius 3 is 2.60 bits per heavy atom. The molecule has 0 fully saturated rings. The summed E-state index contributed by atoms with van der Waals surface area (Å²) in [6.07, 6.45) is 1.61. The molecular weight excluding hydrogens is 386 g/mol. The number of hydrazone groups is 1. The number of anilines is 1. The van der Waals surface area contributed by atoms with Crippen LogP contribution in [0.4, 0.5) is 11.4 Å². The first-order valence-electron chi connectivity index (χ1n) is 9.07. The van der Waals surface area contributed by atoms with Gasteiger partial charge in [-0.05, 0) is 43.3 Å². The van der Waals surface area contributed by atoms with Gasteiger partial charge in [-0.2, -0.15) is 10.1 Å². The number of nitro groups is 1. The van der Waals surface area contributed by atoms with Crippen molar-refractivity contribution in [1.82, 2.24) is 0 Å². The number of carbonyl (C=O) groups is 1. The fourth-order valence-electron chi connectivity index (χ4n) is 3.15. The van der Waals surface area contributed by atoms with Crippen molar-refractivity contribution >= 4 is 29.1 Å². The molecule has 0 N–H and O–H groups in total. The van der Waals surface area contributed by atoms with Gasteiger partial charge >= 0.3 is 0 Å². The number of amides is 1. The molecule has 0 bridgehead atoms. The third kappa shape index (κ3) is 3.46. The highest BCUT2D eigenvalue weighted by Gasteiger charge is 2.29. The molecule has 0 aliphatic carbocycles. The summed E-state index contributed by atoms with van der Waals surface area (Å²) in [5, 5.41) is 16.8. The highest BCUT2D eigenvalue weighted by Crippen LogP contribution is 2.35. The lowest BCUT2D eigenvalue weighted by molar-refractivity contribution is -0.384. The molecule has 0 atom stereocenters. The first-order valence-corrected chi connectivity index (χ1v) is 9.07. The first-order chi connectivity index (χ1) is 14.5. The van der Waals surface area contributed by atoms with Crippen LogP contribution in [0.2, 0.25) is 0 Å². The second kappa shape index (κ2) is 7.67. The summed E-state index contributed by atoms with van der Waals surface area (Å²) in [5.74, 6) is 0.998. The topological polar surface area (TPSA) is 98.2 Å². The van der Waals surface area contributed by atoms with E-state index in [-0.39, 0.29) is 11.6 Å². The van der Waals surface area contributed by atoms with Crippen LogP contribution < -0.4 is 9.75 Å². The molecule has 1 amide bonds. The van der Waals surface area contributed by atoms with Crippen LogP contribution in [-0.2, 0) is 4.79 Å². The van der Waals surface area contributed by atoms with Gasteiger partial charge in [-0.25, -0.2) is 0 Å². The summed E-state index contributed by atoms with van der Waals surface area (Å²) in [4.78, 5) is 23.5. The monoisotopic (exact) mass is 403 g/mol. The summed E-state index contributed by atoms with van der Waals surface area (Å²) in [6.45, 7) is 1.75. The van der Waals surface area contributed by atoms with Crippen LogP contribution in [0.15, 0.2) is 75.8 Å². The predicted octanol–water partition coefficient (Wildman–Crippen LogP) is 4.67. The van der Waals surface area contributed by atoms with Crippen molar-refractivity contribution in [3.63, 3.8) is 0 Å². The minimum Gasteiger partial charge on any atom is -0.496 e. The first kappa shape index (κ1) is 19.1. The molecule has 0 unspecified atom stereocenters. The molecule has 1 aromatic heterocycles. The number of non-ortho nitro benzene ring substituents is 1. The molecule has 0 saturated carbocycles. The lowest BCUT2D eigenvalue weighted by atomic mass is 10.1. The molecule has 2 heterocycles. The molecule has 0 saturated heterocycles. The van der Waals surface area contributed by atoms with Crippen LogP contribution in [0.25, 0.3) is 17.4 Å². The van der Waals surface area contributed by atoms with E-state index >= 15 is 0 Å². The van der Waals surface area contributed by atoms with E-state index in [9.17, 15) is 14.9 Å². The van der Waals surface area contributed by atoms with Crippen LogP contribution in [0.5, 0.6) is 5.75 Å². The summed E-state index contributed by atoms with van der Waals surface area (Å²) in [7, 11) is 1.48. The fraction of sp³-hybridized carbons (Fsp3) is 0.0909. The number of ether oxygens (including phenoxy) is 1. The number of carbonyl (C=O) groups excluding carboxylic acids is 1. The van der Waals surface area contributed by atoms with Crippen LogP contribution in [0.1, 0.15) is 12.7 Å². The average molecular weight is 403 g/mol. The van der Waals surface area contributed by atoms with Crippen molar-refractivity contribution in [2.45, 2.75) is 6.92 Å². The van der Waals surface area contributed by atoms with Gasteiger partial charge in [-0.3, -0.25) is 14.9 Å². The van der Waals surface area contributed by atoms with Gasteiger partial charge in [-0.1, -0.05) is 18.2 Å². The molecule has 2 aromatic carbocycles. The molecule has 0 spiro atoms. The minimum absolute atomic E-state index is 0.0745. The number of furan rings is 1. The van der Waals surface area contributed by atoms with E-state index in [1.165, 1.54) is 30.3 Å². The Morgan fingerprint density at radius 1 is 1.13 bits per heavy atom. The molecule has 1 aliphatic heterocycles. The van der Waals surface area contributed by atoms with E-state index in [0.717, 1.165) is 0 Å². The van der Waals surface area contributed by atoms with Crippen molar-refractivity contribution in [3.8, 4) is 17.1 Å². The Balaban J connectivity index is 1.67. The van der Waals surface area contributed by atoms with Crippen molar-refractivity contribution in [2.75, 3.05) is 12.1 Å². The second-order valence-corrected chi connectivity index (χ2v) is 6.54. The normalized spacial score (nSPS) is 14.9. The van der Waals surface area contributed by atoms with Crippen LogP contribution in [-0.4, -0.2) is 23.7 Å². The summed E-state index contributed by atoms with van der Waals surface area (Å²) >= 11 is 0. The number of hydrogen-bond acceptors (Lipinski definition) is 6. The van der Waals surface area contributed by atoms with Gasteiger partial charge in [-0.15, -0.1) is 0 Å². The number of benzene rings is 2. The van der Waals surface area contributed by atoms with E-state index < -0.39 is 4.92 Å². The Bertz CT molecular complexity index is 1190. The van der Waals surface area contributed by atoms with Crippen molar-refractivity contribution in [1.29, 1.82) is 0 Å². The zero-order valence-electron chi connectivity index (χ0n) is 16.2. The lowest BCUT2D eigenvalue weighted by Gasteiger charge is -2.10. The Kier molecular flexibility index (Phi) is 4.89. The highest BCUT2D eigenvalue weighted by molar-refractivity contribution is 6.32. The molecule has 8 nitrogen and oxygen atoms in total. The van der Waals surface area contributed by atoms with Crippen LogP contribution >= 0.6 is 0 Å². The van der Waals surface area contributed by atoms with Crippen LogP contribution in [0, 0.1) is 10.1 Å². The third-order valence-corrected chi connectivity index (χ3v) is 4.64. The van der Waals surface area contributed by atoms with Crippen LogP contribution in [0.3, 0.4) is 0 Å². The maximum Gasteiger partial charge on any atom is 0.280 e. The molecular formula is C22H17N3O5. The van der Waals surface area contributed by atoms with Crippen molar-refractivity contribution < 1.29 is 18.9 Å². The number of rotatable bonds is 5. The molecule has 1 aliphatic rings. The maximum absolute atomic E-state index is 12.8. The molecule has 3 aromatic rings. The smallest absolute Gasteiger partial charge is 0.280 e. The molecule has 4 rings (SSSR count). The molecule has 8 heteroatoms. The number of para-hydroxylation sites is 1. The van der Waals surface area contributed by atoms with E-state index in [1.807, 2.05) is 18.2 Å². The quantitative estimate of drug-likeness (QED) is 0.350. The van der Waals surface area contributed by atoms with Gasteiger partial charge in [0.25, 0.3) is 11.6 Å². The van der Waals surface area contributed by atoms with Gasteiger partial charge in [0.15, 0.2) is 0 Å². The Morgan fingerprint density at radius 2 is 1.90 bits per heavy atom. The molecule has 150 valence electrons. The lowest BCUT2D eigenvalue weighted by Crippen LogP contribution is -2.21. The van der Waals surface area contributed by atoms with Crippen molar-refractivity contribution in [2.24, 2.45) is 5.10 Å². The number of nitrogens with zero attached hydrogens (tertiary/aromatic N) is 3. The summed E-state index contributed by atoms with van der Waals surface area (Å²) in [6, 6.07) is 16.8. The van der Waals surface area contributed by atoms with Gasteiger partial charge < -0.3 is 9.15 Å². The zero-order chi connectivity index (χ0) is 21.3. The second-order valence-electron chi connectivity index (χ2n) is 6.54. The van der Waals surface area contributed by atoms with E-state index in [4.69, 9.17) is 9.15 Å². The summed E-state index contributed by atoms with van der Waals surface area (Å²) in [5.41, 5.74) is 2.02.